The summed E-state index contributed by atoms with van der Waals surface area (Å²) in [5.74, 6) is 1.72. The summed E-state index contributed by atoms with van der Waals surface area (Å²) >= 11 is 0. The minimum atomic E-state index is 0.367. The van der Waals surface area contributed by atoms with Crippen LogP contribution in [0.25, 0.3) is 0 Å². The zero-order valence-electron chi connectivity index (χ0n) is 21.7. The molecular formula is C31H40N2O2. The lowest BCUT2D eigenvalue weighted by Gasteiger charge is -2.32. The third-order valence-corrected chi connectivity index (χ3v) is 7.18. The number of nitrogens with one attached hydrogen (secondary N) is 1. The first-order valence-electron chi connectivity index (χ1n) is 13.0. The van der Waals surface area contributed by atoms with Crippen molar-refractivity contribution in [2.24, 2.45) is 0 Å². The molecule has 0 saturated carbocycles. The topological polar surface area (TPSA) is 44.7 Å². The maximum Gasteiger partial charge on any atom is 0.120 e. The molecule has 0 aromatic heterocycles. The van der Waals surface area contributed by atoms with Gasteiger partial charge in [0, 0.05) is 30.9 Å². The van der Waals surface area contributed by atoms with Crippen LogP contribution >= 0.6 is 0 Å². The normalized spacial score (nSPS) is 15.2. The van der Waals surface area contributed by atoms with Gasteiger partial charge in [0.2, 0.25) is 0 Å². The average Bonchev–Trinajstić information content (AvgIpc) is 2.87. The van der Waals surface area contributed by atoms with Crippen molar-refractivity contribution in [3.63, 3.8) is 0 Å². The predicted molar refractivity (Wildman–Crippen MR) is 146 cm³/mol. The van der Waals surface area contributed by atoms with Gasteiger partial charge in [0.1, 0.15) is 11.5 Å². The first-order valence-corrected chi connectivity index (χ1v) is 13.0. The number of phenolic OH excluding ortho intramolecular Hbond substituents is 1. The van der Waals surface area contributed by atoms with Gasteiger partial charge in [-0.05, 0) is 91.1 Å². The molecule has 0 amide bonds. The molecule has 0 unspecified atom stereocenters. The van der Waals surface area contributed by atoms with Crippen molar-refractivity contribution >= 4 is 5.69 Å². The Morgan fingerprint density at radius 3 is 2.49 bits per heavy atom. The van der Waals surface area contributed by atoms with Crippen molar-refractivity contribution < 1.29 is 9.84 Å². The molecule has 2 N–H and O–H groups in total. The number of methoxy groups -OCH3 is 1. The molecule has 4 rings (SSSR count). The molecule has 3 aromatic rings. The largest absolute Gasteiger partial charge is 0.508 e. The number of fused-ring (bicyclic) bond motifs is 1. The second-order valence-corrected chi connectivity index (χ2v) is 10.0. The highest BCUT2D eigenvalue weighted by atomic mass is 16.5. The number of hydrogen-bond donors (Lipinski definition) is 2. The summed E-state index contributed by atoms with van der Waals surface area (Å²) in [4.78, 5) is 2.47. The highest BCUT2D eigenvalue weighted by Gasteiger charge is 2.24. The van der Waals surface area contributed by atoms with E-state index in [1.54, 1.807) is 7.11 Å². The fourth-order valence-corrected chi connectivity index (χ4v) is 5.18. The number of phenols is 1. The first-order chi connectivity index (χ1) is 17.0. The Morgan fingerprint density at radius 2 is 1.77 bits per heavy atom. The number of ether oxygens (including phenoxy) is 1. The average molecular weight is 473 g/mol. The van der Waals surface area contributed by atoms with Crippen LogP contribution in [0.2, 0.25) is 0 Å². The molecule has 0 aliphatic heterocycles. The highest BCUT2D eigenvalue weighted by molar-refractivity contribution is 5.60. The van der Waals surface area contributed by atoms with Crippen LogP contribution in [-0.2, 0) is 25.8 Å². The minimum absolute atomic E-state index is 0.367. The molecule has 0 fully saturated rings. The van der Waals surface area contributed by atoms with E-state index in [9.17, 15) is 5.11 Å². The third-order valence-electron chi connectivity index (χ3n) is 7.18. The molecule has 3 aromatic carbocycles. The van der Waals surface area contributed by atoms with E-state index in [1.165, 1.54) is 33.5 Å². The van der Waals surface area contributed by atoms with E-state index < -0.39 is 0 Å². The van der Waals surface area contributed by atoms with Crippen LogP contribution in [0.5, 0.6) is 11.5 Å². The van der Waals surface area contributed by atoms with E-state index in [4.69, 9.17) is 4.74 Å². The lowest BCUT2D eigenvalue weighted by atomic mass is 9.79. The lowest BCUT2D eigenvalue weighted by molar-refractivity contribution is 0.414. The maximum absolute atomic E-state index is 9.88. The van der Waals surface area contributed by atoms with Crippen LogP contribution in [0.1, 0.15) is 60.9 Å². The molecule has 0 heterocycles. The van der Waals surface area contributed by atoms with Crippen molar-refractivity contribution in [1.29, 1.82) is 0 Å². The molecule has 1 aliphatic carbocycles. The van der Waals surface area contributed by atoms with Crippen molar-refractivity contribution in [3.05, 3.63) is 88.5 Å². The van der Waals surface area contributed by atoms with Crippen LogP contribution in [0, 0.1) is 0 Å². The molecule has 1 atom stereocenters. The van der Waals surface area contributed by atoms with E-state index in [-0.39, 0.29) is 0 Å². The minimum Gasteiger partial charge on any atom is -0.508 e. The number of hydrogen-bond acceptors (Lipinski definition) is 4. The molecule has 35 heavy (non-hydrogen) atoms. The van der Waals surface area contributed by atoms with Crippen molar-refractivity contribution in [3.8, 4) is 11.5 Å². The van der Waals surface area contributed by atoms with E-state index >= 15 is 0 Å². The SMILES string of the molecule is CCN(Cc1ccc(CCNC(C)C)cc1)c1cc(OC)ccc1[C@@H]1CCc2cc(O)ccc2C1. The molecule has 4 nitrogen and oxygen atoms in total. The van der Waals surface area contributed by atoms with E-state index in [0.717, 1.165) is 51.1 Å². The van der Waals surface area contributed by atoms with Gasteiger partial charge in [0.05, 0.1) is 7.11 Å². The summed E-state index contributed by atoms with van der Waals surface area (Å²) in [5, 5.41) is 13.4. The fraction of sp³-hybridized carbons (Fsp3) is 0.419. The summed E-state index contributed by atoms with van der Waals surface area (Å²) < 4.78 is 5.62. The van der Waals surface area contributed by atoms with Crippen molar-refractivity contribution in [2.75, 3.05) is 25.1 Å². The highest BCUT2D eigenvalue weighted by Crippen LogP contribution is 2.40. The summed E-state index contributed by atoms with van der Waals surface area (Å²) in [6.07, 6.45) is 4.15. The van der Waals surface area contributed by atoms with Gasteiger partial charge < -0.3 is 20.1 Å². The number of benzene rings is 3. The Kier molecular flexibility index (Phi) is 8.35. The van der Waals surface area contributed by atoms with Crippen molar-refractivity contribution in [1.82, 2.24) is 5.32 Å². The molecular weight excluding hydrogens is 432 g/mol. The fourth-order valence-electron chi connectivity index (χ4n) is 5.18. The summed E-state index contributed by atoms with van der Waals surface area (Å²) in [6, 6.07) is 22.0. The van der Waals surface area contributed by atoms with Crippen LogP contribution < -0.4 is 15.0 Å². The van der Waals surface area contributed by atoms with E-state index in [2.05, 4.69) is 79.5 Å². The molecule has 0 radical (unpaired) electrons. The molecule has 0 spiro atoms. The van der Waals surface area contributed by atoms with Gasteiger partial charge in [0.25, 0.3) is 0 Å². The Bertz CT molecular complexity index is 1110. The van der Waals surface area contributed by atoms with Gasteiger partial charge in [-0.3, -0.25) is 0 Å². The smallest absolute Gasteiger partial charge is 0.120 e. The van der Waals surface area contributed by atoms with Gasteiger partial charge in [-0.1, -0.05) is 50.2 Å². The van der Waals surface area contributed by atoms with Gasteiger partial charge in [-0.2, -0.15) is 0 Å². The summed E-state index contributed by atoms with van der Waals surface area (Å²) in [6.45, 7) is 9.41. The zero-order chi connectivity index (χ0) is 24.8. The standard InChI is InChI=1S/C31H40N2O2/c1-5-33(21-24-8-6-23(7-9-24)16-17-32-22(2)3)31-20-29(35-4)14-15-30(31)27-11-10-26-19-28(34)13-12-25(26)18-27/h6-9,12-15,19-20,22,27,32,34H,5,10-11,16-18,21H2,1-4H3/t27-/m1/s1. The quantitative estimate of drug-likeness (QED) is 0.367. The molecule has 186 valence electrons. The van der Waals surface area contributed by atoms with Gasteiger partial charge >= 0.3 is 0 Å². The number of aromatic hydroxyl groups is 1. The predicted octanol–water partition coefficient (Wildman–Crippen LogP) is 6.24. The number of anilines is 1. The molecule has 0 bridgehead atoms. The van der Waals surface area contributed by atoms with Gasteiger partial charge in [-0.25, -0.2) is 0 Å². The molecule has 0 saturated heterocycles. The third kappa shape index (κ3) is 6.37. The van der Waals surface area contributed by atoms with E-state index in [1.807, 2.05) is 12.1 Å². The van der Waals surface area contributed by atoms with Crippen LogP contribution in [0.3, 0.4) is 0 Å². The number of aryl methyl sites for hydroxylation is 1. The summed E-state index contributed by atoms with van der Waals surface area (Å²) in [5.41, 5.74) is 8.00. The number of rotatable bonds is 10. The van der Waals surface area contributed by atoms with Crippen LogP contribution in [-0.4, -0.2) is 31.3 Å². The van der Waals surface area contributed by atoms with Gasteiger partial charge in [0.15, 0.2) is 0 Å². The Balaban J connectivity index is 1.54. The van der Waals surface area contributed by atoms with Crippen LogP contribution in [0.15, 0.2) is 60.7 Å². The lowest BCUT2D eigenvalue weighted by Crippen LogP contribution is -2.25. The maximum atomic E-state index is 9.88. The number of nitrogens with zero attached hydrogens (tertiary/aromatic N) is 1. The van der Waals surface area contributed by atoms with Crippen LogP contribution in [0.4, 0.5) is 5.69 Å². The second-order valence-electron chi connectivity index (χ2n) is 10.0. The Labute approximate surface area is 211 Å². The molecule has 4 heteroatoms. The Hall–Kier alpha value is -2.98. The van der Waals surface area contributed by atoms with E-state index in [0.29, 0.717) is 17.7 Å². The first kappa shape index (κ1) is 25.1. The van der Waals surface area contributed by atoms with Gasteiger partial charge in [-0.15, -0.1) is 0 Å². The Morgan fingerprint density at radius 1 is 1.00 bits per heavy atom. The second kappa shape index (κ2) is 11.6. The summed E-state index contributed by atoms with van der Waals surface area (Å²) in [7, 11) is 1.74. The monoisotopic (exact) mass is 472 g/mol. The van der Waals surface area contributed by atoms with Crippen molar-refractivity contribution in [2.45, 2.75) is 65.0 Å². The zero-order valence-corrected chi connectivity index (χ0v) is 21.7. The molecule has 1 aliphatic rings.